The van der Waals surface area contributed by atoms with E-state index < -0.39 is 8.07 Å². The first-order valence-electron chi connectivity index (χ1n) is 11.8. The molecule has 197 valence electrons. The van der Waals surface area contributed by atoms with E-state index in [0.29, 0.717) is 5.02 Å². The third kappa shape index (κ3) is 12.8. The Kier molecular flexibility index (Phi) is 15.9. The van der Waals surface area contributed by atoms with Crippen LogP contribution in [0.1, 0.15) is 43.9 Å². The molecule has 1 N–H and O–H groups in total. The van der Waals surface area contributed by atoms with Crippen molar-refractivity contribution in [2.24, 2.45) is 0 Å². The van der Waals surface area contributed by atoms with Crippen LogP contribution in [0, 0.1) is 6.08 Å². The van der Waals surface area contributed by atoms with Crippen LogP contribution in [-0.2, 0) is 25.4 Å². The molecule has 0 radical (unpaired) electrons. The maximum atomic E-state index is 9.27. The Morgan fingerprint density at radius 1 is 0.865 bits per heavy atom. The van der Waals surface area contributed by atoms with Crippen LogP contribution in [0.5, 0.6) is 5.75 Å². The van der Waals surface area contributed by atoms with Crippen molar-refractivity contribution in [3.05, 3.63) is 124 Å². The van der Waals surface area contributed by atoms with Crippen LogP contribution in [0.4, 0.5) is 0 Å². The van der Waals surface area contributed by atoms with E-state index in [4.69, 9.17) is 11.6 Å². The molecule has 0 spiro atoms. The Labute approximate surface area is 253 Å². The first kappa shape index (κ1) is 35.6. The van der Waals surface area contributed by atoms with Crippen molar-refractivity contribution in [1.29, 1.82) is 0 Å². The summed E-state index contributed by atoms with van der Waals surface area (Å²) >= 11 is 7.95. The number of phenols is 1. The maximum absolute atomic E-state index is 9.27. The number of benzene rings is 3. The molecular weight excluding hydrogens is 571 g/mol. The van der Waals surface area contributed by atoms with Gasteiger partial charge in [0.05, 0.1) is 0 Å². The monoisotopic (exact) mass is 607 g/mol. The Balaban J connectivity index is 0.000000523. The Bertz CT molecular complexity index is 1100. The fraction of sp³-hybridized carbons (Fsp3) is 0.258. The van der Waals surface area contributed by atoms with Gasteiger partial charge < -0.3 is 5.11 Å². The van der Waals surface area contributed by atoms with E-state index >= 15 is 0 Å². The van der Waals surface area contributed by atoms with Crippen LogP contribution < -0.4 is 0 Å². The van der Waals surface area contributed by atoms with Gasteiger partial charge >= 0.3 is 95.6 Å². The molecule has 3 aromatic carbocycles. The fourth-order valence-electron chi connectivity index (χ4n) is 3.30. The molecule has 0 atom stereocenters. The summed E-state index contributed by atoms with van der Waals surface area (Å²) < 4.78 is 1.33. The third-order valence-corrected chi connectivity index (χ3v) is 8.46. The van der Waals surface area contributed by atoms with Crippen LogP contribution in [0.25, 0.3) is 0 Å². The van der Waals surface area contributed by atoms with Gasteiger partial charge in [-0.05, 0) is 29.2 Å². The summed E-state index contributed by atoms with van der Waals surface area (Å²) in [6.07, 6.45) is 8.82. The molecule has 1 nitrogen and oxygen atoms in total. The van der Waals surface area contributed by atoms with Crippen molar-refractivity contribution in [3.63, 3.8) is 0 Å². The molecule has 0 saturated heterocycles. The van der Waals surface area contributed by atoms with Crippen LogP contribution in [0.15, 0.2) is 96.2 Å². The van der Waals surface area contributed by atoms with Crippen LogP contribution in [0.3, 0.4) is 0 Å². The summed E-state index contributed by atoms with van der Waals surface area (Å²) in [5.41, 5.74) is 3.66. The van der Waals surface area contributed by atoms with Gasteiger partial charge in [-0.25, -0.2) is 11.3 Å². The van der Waals surface area contributed by atoms with E-state index in [1.165, 1.54) is 26.2 Å². The van der Waals surface area contributed by atoms with E-state index in [-0.39, 0.29) is 36.0 Å². The minimum absolute atomic E-state index is 0. The van der Waals surface area contributed by atoms with E-state index in [1.54, 1.807) is 6.07 Å². The molecule has 0 saturated carbocycles. The summed E-state index contributed by atoms with van der Waals surface area (Å²) in [7, 11) is -1.01. The average molecular weight is 609 g/mol. The molecule has 0 unspecified atom stereocenters. The van der Waals surface area contributed by atoms with Gasteiger partial charge in [0.25, 0.3) is 0 Å². The molecule has 4 rings (SSSR count). The van der Waals surface area contributed by atoms with Gasteiger partial charge in [-0.15, -0.1) is 31.2 Å². The topological polar surface area (TPSA) is 20.2 Å². The molecule has 0 fully saturated rings. The number of allylic oxidation sites excluding steroid dienone is 4. The van der Waals surface area contributed by atoms with Crippen LogP contribution in [-0.4, -0.2) is 17.0 Å². The predicted molar refractivity (Wildman–Crippen MR) is 166 cm³/mol. The number of hydrogen-bond donors (Lipinski definition) is 1. The summed E-state index contributed by atoms with van der Waals surface area (Å²) in [6, 6.07) is 26.1. The second kappa shape index (κ2) is 16.5. The molecule has 6 heteroatoms. The van der Waals surface area contributed by atoms with E-state index in [2.05, 4.69) is 127 Å². The number of hydrogen-bond acceptors (Lipinski definition) is 1. The number of halogens is 3. The normalized spacial score (nSPS) is 12.0. The van der Waals surface area contributed by atoms with Gasteiger partial charge in [0.1, 0.15) is 5.75 Å². The van der Waals surface area contributed by atoms with Gasteiger partial charge in [-0.2, -0.15) is 6.08 Å². The van der Waals surface area contributed by atoms with Gasteiger partial charge in [-0.1, -0.05) is 52.0 Å². The molecule has 0 aliphatic heterocycles. The van der Waals surface area contributed by atoms with E-state index in [9.17, 15) is 5.11 Å². The molecule has 0 aromatic heterocycles. The SMILES string of the molecule is CC(C)(C)c1cc(O)cc(Cl)c1.C[Si](C)(C)C1=[C-]CC=C1.Cl.Cl.[Ti+]=[C](c1ccccc1)c1ccccc1. The van der Waals surface area contributed by atoms with E-state index in [0.717, 1.165) is 12.0 Å². The zero-order valence-electron chi connectivity index (χ0n) is 22.5. The van der Waals surface area contributed by atoms with Crippen molar-refractivity contribution < 1.29 is 25.1 Å². The van der Waals surface area contributed by atoms with Gasteiger partial charge in [0.15, 0.2) is 0 Å². The Morgan fingerprint density at radius 3 is 1.68 bits per heavy atom. The van der Waals surface area contributed by atoms with Gasteiger partial charge in [-0.3, -0.25) is 6.08 Å². The Morgan fingerprint density at radius 2 is 1.35 bits per heavy atom. The molecule has 0 bridgehead atoms. The summed E-state index contributed by atoms with van der Waals surface area (Å²) in [5, 5.41) is 11.3. The molecule has 3 aromatic rings. The number of phenolic OH excluding ortho intramolecular Hbond substituents is 1. The third-order valence-electron chi connectivity index (χ3n) is 5.38. The first-order chi connectivity index (χ1) is 16.4. The molecule has 37 heavy (non-hydrogen) atoms. The molecule has 0 heterocycles. The summed E-state index contributed by atoms with van der Waals surface area (Å²) in [5.74, 6) is 0.229. The van der Waals surface area contributed by atoms with Gasteiger partial charge in [0.2, 0.25) is 0 Å². The number of rotatable bonds is 3. The second-order valence-corrected chi connectivity index (χ2v) is 16.8. The molecule has 1 aliphatic rings. The second-order valence-electron chi connectivity index (χ2n) is 10.5. The zero-order chi connectivity index (χ0) is 26.1. The fourth-order valence-corrected chi connectivity index (χ4v) is 5.30. The van der Waals surface area contributed by atoms with Crippen LogP contribution >= 0.6 is 36.4 Å². The minimum atomic E-state index is -1.01. The van der Waals surface area contributed by atoms with Crippen molar-refractivity contribution in [2.45, 2.75) is 52.2 Å². The van der Waals surface area contributed by atoms with E-state index in [1.807, 2.05) is 18.2 Å². The van der Waals surface area contributed by atoms with Gasteiger partial charge in [0, 0.05) is 13.1 Å². The first-order valence-corrected chi connectivity index (χ1v) is 16.5. The molecular formula is C31H38Cl3OSiTi. The predicted octanol–water partition coefficient (Wildman–Crippen LogP) is 9.54. The van der Waals surface area contributed by atoms with Crippen LogP contribution in [0.2, 0.25) is 24.7 Å². The number of aromatic hydroxyl groups is 1. The molecule has 1 aliphatic carbocycles. The van der Waals surface area contributed by atoms with Crippen molar-refractivity contribution in [3.8, 4) is 5.75 Å². The molecule has 0 amide bonds. The Hall–Kier alpha value is -1.39. The van der Waals surface area contributed by atoms with Crippen molar-refractivity contribution >= 4 is 48.3 Å². The van der Waals surface area contributed by atoms with Crippen molar-refractivity contribution in [1.82, 2.24) is 0 Å². The standard InChI is InChI=1S/C13H10.C10H13ClO.C8H13Si.2ClH.Ti/c1-3-7-12(8-4-1)11-13-9-5-2-6-10-13;1-10(2,3)7-4-8(11)6-9(12)5-7;1-9(2,3)8-6-4-5-7-8;;;/h1-10H;4-6,12H,1-3H3;4,6H,5H2,1-3H3;2*1H;/q;;-1;;;+1. The summed E-state index contributed by atoms with van der Waals surface area (Å²) in [4.78, 5) is 0. The zero-order valence-corrected chi connectivity index (χ0v) is 27.5. The summed E-state index contributed by atoms with van der Waals surface area (Å²) in [6.45, 7) is 13.3. The van der Waals surface area contributed by atoms with Crippen molar-refractivity contribution in [2.75, 3.05) is 0 Å². The quantitative estimate of drug-likeness (QED) is 0.232. The average Bonchev–Trinajstić information content (AvgIpc) is 3.35.